The molecule has 2 aromatic rings. The molecule has 0 bridgehead atoms. The van der Waals surface area contributed by atoms with E-state index in [1.54, 1.807) is 0 Å². The molecule has 0 atom stereocenters. The second-order valence-electron chi connectivity index (χ2n) is 4.53. The van der Waals surface area contributed by atoms with E-state index in [0.717, 1.165) is 17.9 Å². The molecule has 22 heavy (non-hydrogen) atoms. The van der Waals surface area contributed by atoms with Gasteiger partial charge in [0.1, 0.15) is 24.7 Å². The number of nitrogens with two attached hydrogens (primary N) is 1. The van der Waals surface area contributed by atoms with Crippen LogP contribution >= 0.6 is 0 Å². The molecule has 0 fully saturated rings. The van der Waals surface area contributed by atoms with Gasteiger partial charge in [0.05, 0.1) is 6.61 Å². The Balaban J connectivity index is 1.55. The lowest BCUT2D eigenvalue weighted by atomic mass is 10.3. The van der Waals surface area contributed by atoms with Gasteiger partial charge in [-0.2, -0.15) is 0 Å². The van der Waals surface area contributed by atoms with Gasteiger partial charge in [-0.15, -0.1) is 0 Å². The van der Waals surface area contributed by atoms with Crippen LogP contribution in [0.2, 0.25) is 0 Å². The van der Waals surface area contributed by atoms with Crippen LogP contribution in [0.5, 0.6) is 11.5 Å². The van der Waals surface area contributed by atoms with Crippen LogP contribution in [0.4, 0.5) is 0 Å². The van der Waals surface area contributed by atoms with E-state index in [-0.39, 0.29) is 6.61 Å². The predicted octanol–water partition coefficient (Wildman–Crippen LogP) is 2.82. The summed E-state index contributed by atoms with van der Waals surface area (Å²) in [6, 6.07) is 19.1. The largest absolute Gasteiger partial charge is 0.493 e. The van der Waals surface area contributed by atoms with Crippen molar-refractivity contribution in [1.82, 2.24) is 0 Å². The summed E-state index contributed by atoms with van der Waals surface area (Å²) in [6.45, 7) is 1.21. The average Bonchev–Trinajstić information content (AvgIpc) is 2.58. The van der Waals surface area contributed by atoms with Crippen molar-refractivity contribution in [3.05, 3.63) is 60.7 Å². The minimum absolute atomic E-state index is 0.199. The smallest absolute Gasteiger partial charge is 0.177 e. The summed E-state index contributed by atoms with van der Waals surface area (Å²) in [4.78, 5) is 5.12. The van der Waals surface area contributed by atoms with Gasteiger partial charge < -0.3 is 20.0 Å². The van der Waals surface area contributed by atoms with E-state index in [0.29, 0.717) is 19.0 Å². The maximum absolute atomic E-state index is 5.70. The number of para-hydroxylation sites is 2. The zero-order chi connectivity index (χ0) is 15.5. The molecule has 0 heterocycles. The maximum Gasteiger partial charge on any atom is 0.177 e. The van der Waals surface area contributed by atoms with Crippen molar-refractivity contribution in [3.8, 4) is 11.5 Å². The summed E-state index contributed by atoms with van der Waals surface area (Å²) < 4.78 is 11.0. The van der Waals surface area contributed by atoms with Gasteiger partial charge in [0.15, 0.2) is 5.84 Å². The first-order valence-corrected chi connectivity index (χ1v) is 7.14. The lowest BCUT2D eigenvalue weighted by molar-refractivity contribution is 0.126. The lowest BCUT2D eigenvalue weighted by Gasteiger charge is -2.06. The van der Waals surface area contributed by atoms with Crippen LogP contribution in [-0.2, 0) is 4.84 Å². The first kappa shape index (κ1) is 15.7. The highest BCUT2D eigenvalue weighted by atomic mass is 16.6. The number of hydrogen-bond acceptors (Lipinski definition) is 4. The molecule has 0 aromatic heterocycles. The van der Waals surface area contributed by atoms with E-state index < -0.39 is 0 Å². The molecule has 0 unspecified atom stereocenters. The van der Waals surface area contributed by atoms with Crippen LogP contribution < -0.4 is 15.2 Å². The van der Waals surface area contributed by atoms with E-state index in [1.165, 1.54) is 0 Å². The van der Waals surface area contributed by atoms with Crippen molar-refractivity contribution in [1.29, 1.82) is 0 Å². The molecular weight excluding hydrogens is 280 g/mol. The standard InChI is InChI=1S/C17H20N2O3/c18-17(14-21-16-10-5-2-6-11-16)19-22-13-7-12-20-15-8-3-1-4-9-15/h1-6,8-11H,7,12-14H2,(H2,18,19). The zero-order valence-corrected chi connectivity index (χ0v) is 12.4. The second kappa shape index (κ2) is 9.28. The Kier molecular flexibility index (Phi) is 6.62. The van der Waals surface area contributed by atoms with Crippen LogP contribution in [0.25, 0.3) is 0 Å². The first-order chi connectivity index (χ1) is 10.8. The van der Waals surface area contributed by atoms with Crippen molar-refractivity contribution in [2.45, 2.75) is 6.42 Å². The monoisotopic (exact) mass is 300 g/mol. The van der Waals surface area contributed by atoms with Crippen molar-refractivity contribution in [3.63, 3.8) is 0 Å². The Labute approximate surface area is 130 Å². The minimum Gasteiger partial charge on any atom is -0.493 e. The average molecular weight is 300 g/mol. The SMILES string of the molecule is NC(COc1ccccc1)=NOCCCOc1ccccc1. The first-order valence-electron chi connectivity index (χ1n) is 7.14. The van der Waals surface area contributed by atoms with Crippen LogP contribution in [-0.4, -0.2) is 25.7 Å². The van der Waals surface area contributed by atoms with E-state index in [1.807, 2.05) is 60.7 Å². The third-order valence-electron chi connectivity index (χ3n) is 2.70. The molecule has 0 radical (unpaired) electrons. The minimum atomic E-state index is 0.199. The molecule has 5 heteroatoms. The highest BCUT2D eigenvalue weighted by Gasteiger charge is 1.97. The Morgan fingerprint density at radius 2 is 1.41 bits per heavy atom. The molecule has 0 saturated heterocycles. The van der Waals surface area contributed by atoms with Gasteiger partial charge in [0.2, 0.25) is 0 Å². The molecule has 0 aliphatic carbocycles. The number of benzene rings is 2. The van der Waals surface area contributed by atoms with E-state index in [4.69, 9.17) is 20.0 Å². The third kappa shape index (κ3) is 6.17. The molecule has 116 valence electrons. The molecule has 0 aliphatic rings. The Morgan fingerprint density at radius 1 is 0.818 bits per heavy atom. The fourth-order valence-corrected chi connectivity index (χ4v) is 1.66. The van der Waals surface area contributed by atoms with Gasteiger partial charge in [0.25, 0.3) is 0 Å². The molecule has 2 N–H and O–H groups in total. The van der Waals surface area contributed by atoms with Gasteiger partial charge in [-0.05, 0) is 24.3 Å². The predicted molar refractivity (Wildman–Crippen MR) is 86.1 cm³/mol. The Hall–Kier alpha value is -2.69. The molecule has 2 aromatic carbocycles. The summed E-state index contributed by atoms with van der Waals surface area (Å²) in [6.07, 6.45) is 0.727. The van der Waals surface area contributed by atoms with Crippen molar-refractivity contribution in [2.75, 3.05) is 19.8 Å². The fourth-order valence-electron chi connectivity index (χ4n) is 1.66. The van der Waals surface area contributed by atoms with Gasteiger partial charge in [-0.3, -0.25) is 0 Å². The molecule has 0 aliphatic heterocycles. The van der Waals surface area contributed by atoms with Gasteiger partial charge >= 0.3 is 0 Å². The van der Waals surface area contributed by atoms with Crippen molar-refractivity contribution < 1.29 is 14.3 Å². The molecular formula is C17H20N2O3. The molecule has 5 nitrogen and oxygen atoms in total. The van der Waals surface area contributed by atoms with Crippen molar-refractivity contribution in [2.24, 2.45) is 10.9 Å². The van der Waals surface area contributed by atoms with Gasteiger partial charge in [0, 0.05) is 6.42 Å². The normalized spacial score (nSPS) is 11.0. The molecule has 0 spiro atoms. The lowest BCUT2D eigenvalue weighted by Crippen LogP contribution is -2.21. The number of nitrogens with zero attached hydrogens (tertiary/aromatic N) is 1. The van der Waals surface area contributed by atoms with Crippen LogP contribution in [0, 0.1) is 0 Å². The molecule has 0 saturated carbocycles. The van der Waals surface area contributed by atoms with Crippen LogP contribution in [0.3, 0.4) is 0 Å². The number of amidine groups is 1. The van der Waals surface area contributed by atoms with Crippen molar-refractivity contribution >= 4 is 5.84 Å². The Bertz CT molecular complexity index is 559. The molecule has 2 rings (SSSR count). The fraction of sp³-hybridized carbons (Fsp3) is 0.235. The topological polar surface area (TPSA) is 66.1 Å². The maximum atomic E-state index is 5.70. The number of hydrogen-bond donors (Lipinski definition) is 1. The van der Waals surface area contributed by atoms with E-state index in [9.17, 15) is 0 Å². The number of oxime groups is 1. The van der Waals surface area contributed by atoms with Gasteiger partial charge in [-0.25, -0.2) is 0 Å². The van der Waals surface area contributed by atoms with E-state index >= 15 is 0 Å². The quantitative estimate of drug-likeness (QED) is 0.335. The van der Waals surface area contributed by atoms with Crippen LogP contribution in [0.1, 0.15) is 6.42 Å². The number of rotatable bonds is 9. The summed E-state index contributed by atoms with van der Waals surface area (Å²) in [5.41, 5.74) is 5.70. The third-order valence-corrected chi connectivity index (χ3v) is 2.70. The van der Waals surface area contributed by atoms with Gasteiger partial charge in [-0.1, -0.05) is 41.6 Å². The van der Waals surface area contributed by atoms with E-state index in [2.05, 4.69) is 5.16 Å². The zero-order valence-electron chi connectivity index (χ0n) is 12.4. The summed E-state index contributed by atoms with van der Waals surface area (Å²) in [7, 11) is 0. The highest BCUT2D eigenvalue weighted by molar-refractivity contribution is 5.81. The highest BCUT2D eigenvalue weighted by Crippen LogP contribution is 2.08. The summed E-state index contributed by atoms with van der Waals surface area (Å²) >= 11 is 0. The second-order valence-corrected chi connectivity index (χ2v) is 4.53. The summed E-state index contributed by atoms with van der Waals surface area (Å²) in [5, 5.41) is 3.80. The number of ether oxygens (including phenoxy) is 2. The molecule has 0 amide bonds. The van der Waals surface area contributed by atoms with Crippen LogP contribution in [0.15, 0.2) is 65.8 Å². The Morgan fingerprint density at radius 3 is 2.05 bits per heavy atom. The summed E-state index contributed by atoms with van der Waals surface area (Å²) in [5.74, 6) is 1.89.